The molecule has 1 aliphatic heterocycles. The van der Waals surface area contributed by atoms with E-state index in [1.807, 2.05) is 0 Å². The maximum atomic E-state index is 14.3. The van der Waals surface area contributed by atoms with Gasteiger partial charge in [-0.2, -0.15) is 4.31 Å². The van der Waals surface area contributed by atoms with Gasteiger partial charge in [0.2, 0.25) is 0 Å². The molecular weight excluding hydrogens is 445 g/mol. The Kier molecular flexibility index (Phi) is 6.73. The van der Waals surface area contributed by atoms with Crippen molar-refractivity contribution in [2.24, 2.45) is 7.05 Å². The number of hydrogen-bond donors (Lipinski definition) is 0. The van der Waals surface area contributed by atoms with Crippen molar-refractivity contribution in [2.75, 3.05) is 51.2 Å². The quantitative estimate of drug-likeness (QED) is 0.517. The number of anilines is 1. The van der Waals surface area contributed by atoms with Crippen molar-refractivity contribution in [1.82, 2.24) is 28.7 Å². The van der Waals surface area contributed by atoms with Crippen LogP contribution < -0.4 is 4.90 Å². The number of imidazole rings is 1. The van der Waals surface area contributed by atoms with Gasteiger partial charge in [0.1, 0.15) is 17.3 Å². The van der Waals surface area contributed by atoms with Gasteiger partial charge in [-0.1, -0.05) is 12.1 Å². The van der Waals surface area contributed by atoms with Crippen LogP contribution in [0.2, 0.25) is 0 Å². The molecule has 0 saturated carbocycles. The van der Waals surface area contributed by atoms with Gasteiger partial charge < -0.3 is 9.47 Å². The molecule has 4 rings (SSSR count). The molecule has 3 aromatic rings. The lowest BCUT2D eigenvalue weighted by Gasteiger charge is -2.36. The number of piperazine rings is 1. The van der Waals surface area contributed by atoms with Crippen LogP contribution in [0.5, 0.6) is 0 Å². The maximum absolute atomic E-state index is 14.3. The van der Waals surface area contributed by atoms with Gasteiger partial charge in [0, 0.05) is 77.5 Å². The Morgan fingerprint density at radius 3 is 2.45 bits per heavy atom. The zero-order chi connectivity index (χ0) is 23.6. The van der Waals surface area contributed by atoms with Crippen LogP contribution in [0.1, 0.15) is 5.82 Å². The molecule has 3 heterocycles. The second-order valence-corrected chi connectivity index (χ2v) is 10.1. The highest BCUT2D eigenvalue weighted by Crippen LogP contribution is 2.29. The van der Waals surface area contributed by atoms with Crippen molar-refractivity contribution in [2.45, 2.75) is 11.9 Å². The van der Waals surface area contributed by atoms with E-state index in [0.29, 0.717) is 49.1 Å². The second-order valence-electron chi connectivity index (χ2n) is 8.10. The molecule has 9 nitrogen and oxygen atoms in total. The molecule has 1 aromatic carbocycles. The zero-order valence-electron chi connectivity index (χ0n) is 19.0. The average molecular weight is 474 g/mol. The minimum absolute atomic E-state index is 0.0677. The van der Waals surface area contributed by atoms with E-state index in [4.69, 9.17) is 0 Å². The van der Waals surface area contributed by atoms with Crippen molar-refractivity contribution in [3.63, 3.8) is 0 Å². The predicted molar refractivity (Wildman–Crippen MR) is 124 cm³/mol. The Morgan fingerprint density at radius 2 is 1.79 bits per heavy atom. The van der Waals surface area contributed by atoms with Gasteiger partial charge in [-0.3, -0.25) is 9.88 Å². The van der Waals surface area contributed by atoms with E-state index in [0.717, 1.165) is 13.1 Å². The monoisotopic (exact) mass is 473 g/mol. The third kappa shape index (κ3) is 4.90. The molecule has 11 heteroatoms. The summed E-state index contributed by atoms with van der Waals surface area (Å²) in [5.41, 5.74) is 0.958. The van der Waals surface area contributed by atoms with Crippen LogP contribution in [0.15, 0.2) is 47.9 Å². The molecule has 0 unspecified atom stereocenters. The summed E-state index contributed by atoms with van der Waals surface area (Å²) in [4.78, 5) is 17.3. The summed E-state index contributed by atoms with van der Waals surface area (Å²) in [5.74, 6) is 0.981. The Bertz CT molecular complexity index is 1200. The molecule has 1 saturated heterocycles. The molecule has 2 aromatic heterocycles. The normalized spacial score (nSPS) is 15.4. The van der Waals surface area contributed by atoms with Crippen LogP contribution in [0.25, 0.3) is 11.3 Å². The van der Waals surface area contributed by atoms with Crippen LogP contribution in [0.4, 0.5) is 10.2 Å². The Morgan fingerprint density at radius 1 is 1.09 bits per heavy atom. The molecule has 0 amide bonds. The van der Waals surface area contributed by atoms with Crippen molar-refractivity contribution in [3.05, 3.63) is 54.5 Å². The summed E-state index contributed by atoms with van der Waals surface area (Å²) in [6.07, 6.45) is 4.72. The summed E-state index contributed by atoms with van der Waals surface area (Å²) >= 11 is 0. The van der Waals surface area contributed by atoms with E-state index in [9.17, 15) is 12.8 Å². The number of likely N-dealkylation sites (N-methyl/N-ethyl adjacent to an activating group) is 1. The number of rotatable bonds is 7. The summed E-state index contributed by atoms with van der Waals surface area (Å²) in [6.45, 7) is 5.60. The number of halogens is 1. The molecule has 1 fully saturated rings. The highest BCUT2D eigenvalue weighted by atomic mass is 32.2. The first-order valence-electron chi connectivity index (χ1n) is 10.8. The topological polar surface area (TPSA) is 87.5 Å². The molecule has 0 N–H and O–H groups in total. The molecule has 0 atom stereocenters. The van der Waals surface area contributed by atoms with E-state index in [1.54, 1.807) is 56.2 Å². The van der Waals surface area contributed by atoms with Crippen LogP contribution in [-0.4, -0.2) is 83.5 Å². The van der Waals surface area contributed by atoms with Crippen molar-refractivity contribution in [1.29, 1.82) is 0 Å². The van der Waals surface area contributed by atoms with Crippen LogP contribution >= 0.6 is 0 Å². The summed E-state index contributed by atoms with van der Waals surface area (Å²) < 4.78 is 43.0. The second kappa shape index (κ2) is 9.54. The first-order chi connectivity index (χ1) is 15.8. The summed E-state index contributed by atoms with van der Waals surface area (Å²) in [5, 5.41) is 0.0677. The third-order valence-electron chi connectivity index (χ3n) is 5.97. The minimum Gasteiger partial charge on any atom is -0.352 e. The SMILES string of the molecule is Cc1nc(S(=O)(=O)N(C)CCN2CCN(c3nccnc3-c3ccccc3F)CC2)cn1C. The van der Waals surface area contributed by atoms with E-state index >= 15 is 0 Å². The van der Waals surface area contributed by atoms with Crippen molar-refractivity contribution in [3.8, 4) is 11.3 Å². The molecule has 0 aliphatic carbocycles. The van der Waals surface area contributed by atoms with E-state index < -0.39 is 10.0 Å². The van der Waals surface area contributed by atoms with Crippen LogP contribution in [0.3, 0.4) is 0 Å². The number of aromatic nitrogens is 4. The molecule has 0 radical (unpaired) electrons. The molecule has 1 aliphatic rings. The van der Waals surface area contributed by atoms with Gasteiger partial charge in [0.05, 0.1) is 0 Å². The van der Waals surface area contributed by atoms with Gasteiger partial charge in [-0.25, -0.2) is 22.8 Å². The zero-order valence-corrected chi connectivity index (χ0v) is 19.8. The fraction of sp³-hybridized carbons (Fsp3) is 0.409. The van der Waals surface area contributed by atoms with Gasteiger partial charge >= 0.3 is 0 Å². The largest absolute Gasteiger partial charge is 0.352 e. The highest BCUT2D eigenvalue weighted by molar-refractivity contribution is 7.89. The van der Waals surface area contributed by atoms with Gasteiger partial charge in [0.15, 0.2) is 10.8 Å². The summed E-state index contributed by atoms with van der Waals surface area (Å²) in [7, 11) is -0.272. The highest BCUT2D eigenvalue weighted by Gasteiger charge is 2.26. The fourth-order valence-electron chi connectivity index (χ4n) is 3.80. The lowest BCUT2D eigenvalue weighted by Crippen LogP contribution is -2.49. The molecular formula is C22H28FN7O2S. The summed E-state index contributed by atoms with van der Waals surface area (Å²) in [6, 6.07) is 6.56. The smallest absolute Gasteiger partial charge is 0.261 e. The Labute approximate surface area is 193 Å². The van der Waals surface area contributed by atoms with E-state index in [-0.39, 0.29) is 10.8 Å². The number of nitrogens with zero attached hydrogens (tertiary/aromatic N) is 7. The predicted octanol–water partition coefficient (Wildman–Crippen LogP) is 1.77. The Hall–Kier alpha value is -2.89. The van der Waals surface area contributed by atoms with E-state index in [1.165, 1.54) is 16.6 Å². The first-order valence-corrected chi connectivity index (χ1v) is 12.2. The van der Waals surface area contributed by atoms with Crippen molar-refractivity contribution >= 4 is 15.8 Å². The minimum atomic E-state index is -3.63. The standard InChI is InChI=1S/C22H28FN7O2S/c1-17-26-20(16-27(17)2)33(31,32)28(3)10-11-29-12-14-30(15-13-29)22-21(24-8-9-25-22)18-6-4-5-7-19(18)23/h4-9,16H,10-15H2,1-3H3. The fourth-order valence-corrected chi connectivity index (χ4v) is 4.98. The van der Waals surface area contributed by atoms with Gasteiger partial charge in [-0.15, -0.1) is 0 Å². The number of benzene rings is 1. The Balaban J connectivity index is 1.37. The number of hydrogen-bond acceptors (Lipinski definition) is 7. The molecule has 0 bridgehead atoms. The molecule has 176 valence electrons. The lowest BCUT2D eigenvalue weighted by molar-refractivity contribution is 0.243. The van der Waals surface area contributed by atoms with Gasteiger partial charge in [-0.05, 0) is 19.1 Å². The average Bonchev–Trinajstić information content (AvgIpc) is 3.17. The number of sulfonamides is 1. The molecule has 0 spiro atoms. The third-order valence-corrected chi connectivity index (χ3v) is 7.70. The number of aryl methyl sites for hydroxylation is 2. The maximum Gasteiger partial charge on any atom is 0.261 e. The van der Waals surface area contributed by atoms with Crippen molar-refractivity contribution < 1.29 is 12.8 Å². The van der Waals surface area contributed by atoms with Crippen LogP contribution in [-0.2, 0) is 17.1 Å². The lowest BCUT2D eigenvalue weighted by atomic mass is 10.1. The van der Waals surface area contributed by atoms with E-state index in [2.05, 4.69) is 24.8 Å². The first kappa shape index (κ1) is 23.3. The molecule has 33 heavy (non-hydrogen) atoms. The van der Waals surface area contributed by atoms with Crippen LogP contribution in [0, 0.1) is 12.7 Å². The van der Waals surface area contributed by atoms with Gasteiger partial charge in [0.25, 0.3) is 10.0 Å².